The fourth-order valence-electron chi connectivity index (χ4n) is 1.04. The zero-order valence-corrected chi connectivity index (χ0v) is 9.28. The van der Waals surface area contributed by atoms with Crippen LogP contribution in [-0.2, 0) is 4.79 Å². The van der Waals surface area contributed by atoms with Gasteiger partial charge in [-0.1, -0.05) is 6.92 Å². The van der Waals surface area contributed by atoms with Crippen LogP contribution in [0.5, 0.6) is 0 Å². The third-order valence-corrected chi connectivity index (χ3v) is 2.80. The highest BCUT2D eigenvalue weighted by Crippen LogP contribution is 2.21. The van der Waals surface area contributed by atoms with E-state index in [9.17, 15) is 4.79 Å². The van der Waals surface area contributed by atoms with Gasteiger partial charge in [0, 0.05) is 9.49 Å². The van der Waals surface area contributed by atoms with Gasteiger partial charge in [0.2, 0.25) is 0 Å². The number of halogens is 1. The topological polar surface area (TPSA) is 40.9 Å². The molecule has 0 spiro atoms. The van der Waals surface area contributed by atoms with Crippen LogP contribution in [0.25, 0.3) is 0 Å². The van der Waals surface area contributed by atoms with Gasteiger partial charge in [-0.2, -0.15) is 5.26 Å². The minimum absolute atomic E-state index is 0.139. The Balaban J connectivity index is 3.20. The second-order valence-electron chi connectivity index (χ2n) is 2.77. The van der Waals surface area contributed by atoms with E-state index in [-0.39, 0.29) is 5.92 Å². The van der Waals surface area contributed by atoms with E-state index in [0.717, 1.165) is 15.4 Å². The number of rotatable bonds is 2. The SMILES string of the molecule is CC(C=O)c1cc(C#N)ccc1I. The summed E-state index contributed by atoms with van der Waals surface area (Å²) in [5.41, 5.74) is 1.53. The second kappa shape index (κ2) is 4.38. The monoisotopic (exact) mass is 285 g/mol. The summed E-state index contributed by atoms with van der Waals surface area (Å²) in [6, 6.07) is 7.43. The Labute approximate surface area is 90.7 Å². The van der Waals surface area contributed by atoms with Gasteiger partial charge in [0.1, 0.15) is 6.29 Å². The van der Waals surface area contributed by atoms with Crippen LogP contribution in [0.2, 0.25) is 0 Å². The normalized spacial score (nSPS) is 11.8. The molecule has 1 atom stereocenters. The summed E-state index contributed by atoms with van der Waals surface area (Å²) in [6.45, 7) is 1.83. The Morgan fingerprint density at radius 1 is 1.62 bits per heavy atom. The summed E-state index contributed by atoms with van der Waals surface area (Å²) < 4.78 is 1.02. The van der Waals surface area contributed by atoms with E-state index < -0.39 is 0 Å². The third-order valence-electron chi connectivity index (χ3n) is 1.82. The predicted octanol–water partition coefficient (Wildman–Crippen LogP) is 2.47. The van der Waals surface area contributed by atoms with Crippen molar-refractivity contribution in [2.75, 3.05) is 0 Å². The Hall–Kier alpha value is -0.890. The van der Waals surface area contributed by atoms with Crippen LogP contribution in [0.3, 0.4) is 0 Å². The van der Waals surface area contributed by atoms with Crippen molar-refractivity contribution in [3.63, 3.8) is 0 Å². The number of benzene rings is 1. The molecule has 0 amide bonds. The maximum absolute atomic E-state index is 10.6. The number of aldehydes is 1. The quantitative estimate of drug-likeness (QED) is 0.618. The van der Waals surface area contributed by atoms with Gasteiger partial charge in [0.25, 0.3) is 0 Å². The first kappa shape index (κ1) is 10.2. The van der Waals surface area contributed by atoms with Crippen LogP contribution in [0, 0.1) is 14.9 Å². The molecule has 0 saturated carbocycles. The average Bonchev–Trinajstić information content (AvgIpc) is 2.17. The molecule has 0 aliphatic carbocycles. The van der Waals surface area contributed by atoms with Crippen molar-refractivity contribution < 1.29 is 4.79 Å². The lowest BCUT2D eigenvalue weighted by molar-refractivity contribution is -0.108. The summed E-state index contributed by atoms with van der Waals surface area (Å²) >= 11 is 2.16. The number of nitrogens with zero attached hydrogens (tertiary/aromatic N) is 1. The highest BCUT2D eigenvalue weighted by atomic mass is 127. The number of carbonyl (C=O) groups excluding carboxylic acids is 1. The summed E-state index contributed by atoms with van der Waals surface area (Å²) in [5.74, 6) is -0.139. The van der Waals surface area contributed by atoms with Gasteiger partial charge in [-0.3, -0.25) is 0 Å². The van der Waals surface area contributed by atoms with Crippen molar-refractivity contribution in [2.45, 2.75) is 12.8 Å². The zero-order chi connectivity index (χ0) is 9.84. The van der Waals surface area contributed by atoms with Gasteiger partial charge in [0.05, 0.1) is 11.6 Å². The van der Waals surface area contributed by atoms with Crippen LogP contribution in [-0.4, -0.2) is 6.29 Å². The minimum Gasteiger partial charge on any atom is -0.303 e. The average molecular weight is 285 g/mol. The van der Waals surface area contributed by atoms with Gasteiger partial charge in [0.15, 0.2) is 0 Å². The largest absolute Gasteiger partial charge is 0.303 e. The molecule has 1 aromatic carbocycles. The molecule has 0 aliphatic heterocycles. The summed E-state index contributed by atoms with van der Waals surface area (Å²) in [6.07, 6.45) is 0.888. The molecule has 0 bridgehead atoms. The highest BCUT2D eigenvalue weighted by Gasteiger charge is 2.08. The molecule has 2 nitrogen and oxygen atoms in total. The van der Waals surface area contributed by atoms with E-state index in [0.29, 0.717) is 5.56 Å². The molecule has 0 radical (unpaired) electrons. The van der Waals surface area contributed by atoms with Gasteiger partial charge >= 0.3 is 0 Å². The minimum atomic E-state index is -0.139. The fourth-order valence-corrected chi connectivity index (χ4v) is 1.86. The third kappa shape index (κ3) is 2.28. The van der Waals surface area contributed by atoms with E-state index in [1.807, 2.05) is 13.0 Å². The summed E-state index contributed by atoms with van der Waals surface area (Å²) in [5, 5.41) is 8.67. The Morgan fingerprint density at radius 3 is 2.85 bits per heavy atom. The van der Waals surface area contributed by atoms with Crippen LogP contribution in [0.4, 0.5) is 0 Å². The van der Waals surface area contributed by atoms with Crippen molar-refractivity contribution in [1.82, 2.24) is 0 Å². The standard InChI is InChI=1S/C10H8INO/c1-7(6-13)9-4-8(5-12)2-3-10(9)11/h2-4,6-7H,1H3. The molecule has 66 valence electrons. The molecular formula is C10H8INO. The first-order chi connectivity index (χ1) is 6.19. The van der Waals surface area contributed by atoms with Gasteiger partial charge in [-0.05, 0) is 46.4 Å². The number of carbonyl (C=O) groups is 1. The van der Waals surface area contributed by atoms with E-state index in [4.69, 9.17) is 5.26 Å². The van der Waals surface area contributed by atoms with E-state index in [1.54, 1.807) is 12.1 Å². The zero-order valence-electron chi connectivity index (χ0n) is 7.12. The smallest absolute Gasteiger partial charge is 0.127 e. The van der Waals surface area contributed by atoms with Gasteiger partial charge in [-0.15, -0.1) is 0 Å². The highest BCUT2D eigenvalue weighted by molar-refractivity contribution is 14.1. The molecule has 0 aliphatic rings. The van der Waals surface area contributed by atoms with E-state index >= 15 is 0 Å². The molecule has 3 heteroatoms. The maximum Gasteiger partial charge on any atom is 0.127 e. The molecule has 1 rings (SSSR count). The Bertz CT molecular complexity index is 368. The van der Waals surface area contributed by atoms with E-state index in [1.165, 1.54) is 0 Å². The van der Waals surface area contributed by atoms with Crippen molar-refractivity contribution in [1.29, 1.82) is 5.26 Å². The lowest BCUT2D eigenvalue weighted by Gasteiger charge is -2.06. The molecule has 1 unspecified atom stereocenters. The van der Waals surface area contributed by atoms with Crippen molar-refractivity contribution in [2.24, 2.45) is 0 Å². The Kier molecular flexibility index (Phi) is 3.43. The molecule has 0 heterocycles. The summed E-state index contributed by atoms with van der Waals surface area (Å²) in [7, 11) is 0. The number of nitriles is 1. The molecule has 0 saturated heterocycles. The lowest BCUT2D eigenvalue weighted by atomic mass is 10.0. The molecule has 0 fully saturated rings. The van der Waals surface area contributed by atoms with Gasteiger partial charge < -0.3 is 4.79 Å². The number of hydrogen-bond acceptors (Lipinski definition) is 2. The lowest BCUT2D eigenvalue weighted by Crippen LogP contribution is -1.98. The molecule has 1 aromatic rings. The van der Waals surface area contributed by atoms with Crippen molar-refractivity contribution >= 4 is 28.9 Å². The number of hydrogen-bond donors (Lipinski definition) is 0. The first-order valence-corrected chi connectivity index (χ1v) is 4.91. The van der Waals surface area contributed by atoms with Crippen LogP contribution in [0.1, 0.15) is 24.0 Å². The van der Waals surface area contributed by atoms with Crippen LogP contribution in [0.15, 0.2) is 18.2 Å². The Morgan fingerprint density at radius 2 is 2.31 bits per heavy atom. The van der Waals surface area contributed by atoms with E-state index in [2.05, 4.69) is 28.7 Å². The maximum atomic E-state index is 10.6. The molecule has 0 N–H and O–H groups in total. The molecular weight excluding hydrogens is 277 g/mol. The van der Waals surface area contributed by atoms with Gasteiger partial charge in [-0.25, -0.2) is 0 Å². The van der Waals surface area contributed by atoms with Crippen molar-refractivity contribution in [3.05, 3.63) is 32.9 Å². The first-order valence-electron chi connectivity index (χ1n) is 3.84. The second-order valence-corrected chi connectivity index (χ2v) is 3.94. The fraction of sp³-hybridized carbons (Fsp3) is 0.200. The molecule has 0 aromatic heterocycles. The predicted molar refractivity (Wildman–Crippen MR) is 58.4 cm³/mol. The summed E-state index contributed by atoms with van der Waals surface area (Å²) in [4.78, 5) is 10.6. The van der Waals surface area contributed by atoms with Crippen LogP contribution < -0.4 is 0 Å². The van der Waals surface area contributed by atoms with Crippen molar-refractivity contribution in [3.8, 4) is 6.07 Å². The van der Waals surface area contributed by atoms with Crippen LogP contribution >= 0.6 is 22.6 Å². The molecule has 13 heavy (non-hydrogen) atoms.